The highest BCUT2D eigenvalue weighted by molar-refractivity contribution is 7.07. The van der Waals surface area contributed by atoms with Crippen LogP contribution < -0.4 is 19.6 Å². The van der Waals surface area contributed by atoms with Gasteiger partial charge in [0.2, 0.25) is 0 Å². The van der Waals surface area contributed by atoms with Gasteiger partial charge in [0.25, 0.3) is 5.56 Å². The van der Waals surface area contributed by atoms with Crippen LogP contribution in [-0.2, 0) is 16.1 Å². The Balaban J connectivity index is 1.36. The number of aromatic nitrogens is 2. The van der Waals surface area contributed by atoms with Crippen molar-refractivity contribution in [3.63, 3.8) is 0 Å². The lowest BCUT2D eigenvalue weighted by molar-refractivity contribution is -0.136. The molecule has 1 aliphatic rings. The Labute approximate surface area is 270 Å². The van der Waals surface area contributed by atoms with Gasteiger partial charge >= 0.3 is 5.97 Å². The predicted molar refractivity (Wildman–Crippen MR) is 178 cm³/mol. The first-order chi connectivity index (χ1) is 21.8. The summed E-state index contributed by atoms with van der Waals surface area (Å²) >= 11 is 7.60. The summed E-state index contributed by atoms with van der Waals surface area (Å²) in [6.07, 6.45) is 2.45. The average Bonchev–Trinajstić information content (AvgIpc) is 3.53. The van der Waals surface area contributed by atoms with E-state index in [-0.39, 0.29) is 5.56 Å². The van der Waals surface area contributed by atoms with E-state index in [2.05, 4.69) is 10.6 Å². The molecule has 6 rings (SSSR count). The van der Waals surface area contributed by atoms with Gasteiger partial charge in [-0.05, 0) is 73.9 Å². The number of rotatable bonds is 8. The van der Waals surface area contributed by atoms with Gasteiger partial charge in [-0.1, -0.05) is 78.4 Å². The molecule has 0 saturated heterocycles. The number of benzene rings is 3. The second-order valence-corrected chi connectivity index (χ2v) is 12.2. The van der Waals surface area contributed by atoms with E-state index in [0.29, 0.717) is 38.7 Å². The fraction of sp³-hybridized carbons (Fsp3) is 0.194. The minimum absolute atomic E-state index is 0.200. The molecule has 3 heterocycles. The van der Waals surface area contributed by atoms with Crippen LogP contribution in [0.25, 0.3) is 11.8 Å². The smallest absolute Gasteiger partial charge is 0.338 e. The van der Waals surface area contributed by atoms with Gasteiger partial charge in [0.05, 0.1) is 29.0 Å². The van der Waals surface area contributed by atoms with Crippen LogP contribution in [0.15, 0.2) is 106 Å². The number of nitrogens with zero attached hydrogens (tertiary/aromatic N) is 3. The summed E-state index contributed by atoms with van der Waals surface area (Å²) in [6.45, 7) is 6.41. The van der Waals surface area contributed by atoms with Crippen molar-refractivity contribution < 1.29 is 14.3 Å². The molecule has 9 heteroatoms. The lowest BCUT2D eigenvalue weighted by Gasteiger charge is -2.25. The van der Waals surface area contributed by atoms with E-state index in [9.17, 15) is 9.59 Å². The van der Waals surface area contributed by atoms with Crippen LogP contribution in [0.5, 0.6) is 5.75 Å². The number of allylic oxidation sites excluding steroid dienone is 1. The minimum atomic E-state index is -0.627. The van der Waals surface area contributed by atoms with E-state index in [4.69, 9.17) is 26.1 Å². The van der Waals surface area contributed by atoms with E-state index >= 15 is 0 Å². The van der Waals surface area contributed by atoms with Crippen molar-refractivity contribution in [3.8, 4) is 11.4 Å². The minimum Gasteiger partial charge on any atom is -0.489 e. The predicted octanol–water partition coefficient (Wildman–Crippen LogP) is 6.44. The third-order valence-corrected chi connectivity index (χ3v) is 9.32. The summed E-state index contributed by atoms with van der Waals surface area (Å²) in [5, 5.41) is 0.679. The molecule has 0 aliphatic carbocycles. The number of hydrogen-bond acceptors (Lipinski definition) is 6. The van der Waals surface area contributed by atoms with Crippen molar-refractivity contribution in [1.82, 2.24) is 9.13 Å². The highest BCUT2D eigenvalue weighted by atomic mass is 35.5. The van der Waals surface area contributed by atoms with E-state index in [1.807, 2.05) is 106 Å². The number of esters is 1. The van der Waals surface area contributed by atoms with Crippen molar-refractivity contribution in [2.75, 3.05) is 7.11 Å². The van der Waals surface area contributed by atoms with Gasteiger partial charge in [-0.25, -0.2) is 9.79 Å². The highest BCUT2D eigenvalue weighted by Crippen LogP contribution is 2.32. The molecule has 5 aromatic rings. The third kappa shape index (κ3) is 5.79. The van der Waals surface area contributed by atoms with E-state index in [0.717, 1.165) is 39.5 Å². The maximum atomic E-state index is 14.0. The van der Waals surface area contributed by atoms with Gasteiger partial charge in [-0.2, -0.15) is 0 Å². The molecule has 1 atom stereocenters. The van der Waals surface area contributed by atoms with Gasteiger partial charge < -0.3 is 14.0 Å². The zero-order valence-electron chi connectivity index (χ0n) is 25.4. The molecule has 0 radical (unpaired) electrons. The van der Waals surface area contributed by atoms with Crippen LogP contribution in [0.4, 0.5) is 0 Å². The van der Waals surface area contributed by atoms with Gasteiger partial charge in [0, 0.05) is 27.7 Å². The van der Waals surface area contributed by atoms with Crippen LogP contribution in [0.3, 0.4) is 0 Å². The average molecular weight is 638 g/mol. The van der Waals surface area contributed by atoms with Gasteiger partial charge in [0.15, 0.2) is 4.80 Å². The molecule has 0 spiro atoms. The Hall–Kier alpha value is -4.66. The molecular formula is C36H32ClN3O4S. The van der Waals surface area contributed by atoms with Crippen LogP contribution in [0.1, 0.15) is 47.5 Å². The molecule has 0 bridgehead atoms. The summed E-state index contributed by atoms with van der Waals surface area (Å²) < 4.78 is 15.4. The number of ether oxygens (including phenoxy) is 2. The standard InChI is InChI=1S/C36H32ClN3O4S/c1-5-30-32(35(42)43-4)33(24-11-7-6-8-12-24)40-34(41)31(45-36(40)38-30)20-26-19-22(2)39(23(26)3)27-15-17-28(18-16-27)44-21-25-13-9-10-14-29(25)37/h6-20,33H,5,21H2,1-4H3/b31-20+/t33-/m0/s1. The first-order valence-electron chi connectivity index (χ1n) is 14.6. The largest absolute Gasteiger partial charge is 0.489 e. The Morgan fingerprint density at radius 2 is 1.73 bits per heavy atom. The summed E-state index contributed by atoms with van der Waals surface area (Å²) in [6, 6.07) is 26.5. The zero-order chi connectivity index (χ0) is 31.7. The first-order valence-corrected chi connectivity index (χ1v) is 15.8. The summed E-state index contributed by atoms with van der Waals surface area (Å²) in [4.78, 5) is 32.4. The molecule has 0 unspecified atom stereocenters. The summed E-state index contributed by atoms with van der Waals surface area (Å²) in [5.74, 6) is 0.260. The van der Waals surface area contributed by atoms with Crippen LogP contribution >= 0.6 is 22.9 Å². The molecular weight excluding hydrogens is 606 g/mol. The second kappa shape index (κ2) is 12.8. The molecule has 1 aliphatic heterocycles. The van der Waals surface area contributed by atoms with Gasteiger partial charge in [0.1, 0.15) is 12.4 Å². The molecule has 3 aromatic carbocycles. The maximum absolute atomic E-state index is 14.0. The molecule has 228 valence electrons. The van der Waals surface area contributed by atoms with Gasteiger partial charge in [-0.3, -0.25) is 9.36 Å². The number of carbonyl (C=O) groups excluding carboxylic acids is 1. The van der Waals surface area contributed by atoms with Crippen molar-refractivity contribution in [3.05, 3.63) is 149 Å². The van der Waals surface area contributed by atoms with E-state index < -0.39 is 12.0 Å². The lowest BCUT2D eigenvalue weighted by atomic mass is 9.95. The Kier molecular flexibility index (Phi) is 8.61. The van der Waals surface area contributed by atoms with Crippen LogP contribution in [0.2, 0.25) is 5.02 Å². The van der Waals surface area contributed by atoms with E-state index in [1.54, 1.807) is 4.57 Å². The number of halogens is 1. The molecule has 0 fully saturated rings. The Morgan fingerprint density at radius 3 is 2.42 bits per heavy atom. The number of thiazole rings is 1. The number of aryl methyl sites for hydroxylation is 1. The topological polar surface area (TPSA) is 74.8 Å². The van der Waals surface area contributed by atoms with E-state index in [1.165, 1.54) is 18.4 Å². The highest BCUT2D eigenvalue weighted by Gasteiger charge is 2.33. The molecule has 2 aromatic heterocycles. The monoisotopic (exact) mass is 637 g/mol. The van der Waals surface area contributed by atoms with Crippen LogP contribution in [-0.4, -0.2) is 22.2 Å². The zero-order valence-corrected chi connectivity index (χ0v) is 27.0. The van der Waals surface area contributed by atoms with Crippen molar-refractivity contribution in [2.45, 2.75) is 39.8 Å². The third-order valence-electron chi connectivity index (χ3n) is 7.97. The van der Waals surface area contributed by atoms with Crippen molar-refractivity contribution in [2.24, 2.45) is 4.99 Å². The molecule has 7 nitrogen and oxygen atoms in total. The molecule has 0 saturated carbocycles. The normalized spacial score (nSPS) is 14.7. The van der Waals surface area contributed by atoms with Gasteiger partial charge in [-0.15, -0.1) is 0 Å². The molecule has 45 heavy (non-hydrogen) atoms. The number of carbonyl (C=O) groups is 1. The summed E-state index contributed by atoms with van der Waals surface area (Å²) in [7, 11) is 1.35. The lowest BCUT2D eigenvalue weighted by Crippen LogP contribution is -2.40. The van der Waals surface area contributed by atoms with Crippen molar-refractivity contribution >= 4 is 35.0 Å². The fourth-order valence-corrected chi connectivity index (χ4v) is 6.96. The molecule has 0 amide bonds. The molecule has 0 N–H and O–H groups in total. The number of hydrogen-bond donors (Lipinski definition) is 0. The maximum Gasteiger partial charge on any atom is 0.338 e. The number of methoxy groups -OCH3 is 1. The summed E-state index contributed by atoms with van der Waals surface area (Å²) in [5.41, 5.74) is 6.50. The quantitative estimate of drug-likeness (QED) is 0.184. The van der Waals surface area contributed by atoms with Crippen molar-refractivity contribution in [1.29, 1.82) is 0 Å². The SMILES string of the molecule is CCC1=C(C(=O)OC)[C@H](c2ccccc2)n2c(s/c(=C/c3cc(C)n(-c4ccc(OCc5ccccc5Cl)cc4)c3C)c2=O)=N1. The first kappa shape index (κ1) is 30.4. The number of fused-ring (bicyclic) bond motifs is 1. The van der Waals surface area contributed by atoms with Crippen LogP contribution in [0, 0.1) is 13.8 Å². The Morgan fingerprint density at radius 1 is 1.02 bits per heavy atom. The fourth-order valence-electron chi connectivity index (χ4n) is 5.76. The second-order valence-electron chi connectivity index (χ2n) is 10.7. The Bertz CT molecular complexity index is 2110.